The number of hydrogen-bond donors (Lipinski definition) is 2. The lowest BCUT2D eigenvalue weighted by Gasteiger charge is -2.35. The molecule has 140 valence electrons. The highest BCUT2D eigenvalue weighted by Gasteiger charge is 2.41. The lowest BCUT2D eigenvalue weighted by Crippen LogP contribution is -2.36. The molecule has 1 unspecified atom stereocenters. The van der Waals surface area contributed by atoms with E-state index in [4.69, 9.17) is 5.11 Å². The maximum Gasteiger partial charge on any atom is 0.309 e. The van der Waals surface area contributed by atoms with Crippen molar-refractivity contribution in [2.75, 3.05) is 0 Å². The minimum Gasteiger partial charge on any atom is -0.481 e. The van der Waals surface area contributed by atoms with Crippen LogP contribution in [0.15, 0.2) is 0 Å². The maximum atomic E-state index is 12.0. The SMILES string of the molecule is CCCCC(CCCCCCCC(=O)O)(CC(C)(C)C=O)C(=O)O. The zero-order valence-corrected chi connectivity index (χ0v) is 15.5. The van der Waals surface area contributed by atoms with E-state index in [1.54, 1.807) is 13.8 Å². The first kappa shape index (κ1) is 22.6. The molecule has 0 aliphatic heterocycles. The molecule has 0 spiro atoms. The van der Waals surface area contributed by atoms with E-state index >= 15 is 0 Å². The Hall–Kier alpha value is -1.39. The van der Waals surface area contributed by atoms with Crippen LogP contribution in [-0.2, 0) is 14.4 Å². The van der Waals surface area contributed by atoms with E-state index in [9.17, 15) is 19.5 Å². The van der Waals surface area contributed by atoms with Crippen molar-refractivity contribution in [3.05, 3.63) is 0 Å². The van der Waals surface area contributed by atoms with Crippen LogP contribution >= 0.6 is 0 Å². The molecule has 0 aromatic heterocycles. The molecule has 0 saturated carbocycles. The van der Waals surface area contributed by atoms with Crippen molar-refractivity contribution in [2.24, 2.45) is 10.8 Å². The molecular weight excluding hydrogens is 308 g/mol. The van der Waals surface area contributed by atoms with Gasteiger partial charge in [-0.05, 0) is 25.7 Å². The number of carboxylic acid groups (broad SMARTS) is 2. The predicted molar refractivity (Wildman–Crippen MR) is 94.0 cm³/mol. The first-order valence-electron chi connectivity index (χ1n) is 9.10. The van der Waals surface area contributed by atoms with Crippen molar-refractivity contribution in [2.45, 2.75) is 91.4 Å². The van der Waals surface area contributed by atoms with Crippen LogP contribution in [0.2, 0.25) is 0 Å². The lowest BCUT2D eigenvalue weighted by atomic mass is 9.68. The van der Waals surface area contributed by atoms with Gasteiger partial charge in [0.1, 0.15) is 6.29 Å². The fraction of sp³-hybridized carbons (Fsp3) is 0.842. The highest BCUT2D eigenvalue weighted by Crippen LogP contribution is 2.41. The lowest BCUT2D eigenvalue weighted by molar-refractivity contribution is -0.152. The molecule has 0 heterocycles. The molecule has 0 amide bonds. The van der Waals surface area contributed by atoms with Gasteiger partial charge in [0.2, 0.25) is 0 Å². The fourth-order valence-corrected chi connectivity index (χ4v) is 3.29. The zero-order valence-electron chi connectivity index (χ0n) is 15.5. The van der Waals surface area contributed by atoms with Crippen LogP contribution < -0.4 is 0 Å². The number of aldehydes is 1. The van der Waals surface area contributed by atoms with Crippen molar-refractivity contribution >= 4 is 18.2 Å². The Bertz CT molecular complexity index is 403. The van der Waals surface area contributed by atoms with Crippen LogP contribution in [0.3, 0.4) is 0 Å². The van der Waals surface area contributed by atoms with Gasteiger partial charge < -0.3 is 15.0 Å². The van der Waals surface area contributed by atoms with Crippen molar-refractivity contribution in [3.8, 4) is 0 Å². The third kappa shape index (κ3) is 9.04. The number of hydrogen-bond acceptors (Lipinski definition) is 3. The van der Waals surface area contributed by atoms with Gasteiger partial charge in [0.15, 0.2) is 0 Å². The van der Waals surface area contributed by atoms with Crippen LogP contribution in [0.25, 0.3) is 0 Å². The van der Waals surface area contributed by atoms with Gasteiger partial charge in [0, 0.05) is 11.8 Å². The number of aliphatic carboxylic acids is 2. The monoisotopic (exact) mass is 342 g/mol. The number of unbranched alkanes of at least 4 members (excludes halogenated alkanes) is 5. The van der Waals surface area contributed by atoms with Gasteiger partial charge in [0.05, 0.1) is 5.41 Å². The summed E-state index contributed by atoms with van der Waals surface area (Å²) in [6.07, 6.45) is 8.57. The van der Waals surface area contributed by atoms with Gasteiger partial charge in [-0.25, -0.2) is 0 Å². The molecule has 2 N–H and O–H groups in total. The third-order valence-electron chi connectivity index (χ3n) is 4.62. The van der Waals surface area contributed by atoms with E-state index in [1.165, 1.54) is 0 Å². The van der Waals surface area contributed by atoms with Gasteiger partial charge in [-0.1, -0.05) is 59.3 Å². The summed E-state index contributed by atoms with van der Waals surface area (Å²) >= 11 is 0. The molecule has 1 atom stereocenters. The molecule has 24 heavy (non-hydrogen) atoms. The highest BCUT2D eigenvalue weighted by atomic mass is 16.4. The Kier molecular flexibility index (Phi) is 10.6. The smallest absolute Gasteiger partial charge is 0.309 e. The van der Waals surface area contributed by atoms with Gasteiger partial charge >= 0.3 is 11.9 Å². The fourth-order valence-electron chi connectivity index (χ4n) is 3.29. The normalized spacial score (nSPS) is 14.1. The van der Waals surface area contributed by atoms with Crippen molar-refractivity contribution in [3.63, 3.8) is 0 Å². The average molecular weight is 342 g/mol. The maximum absolute atomic E-state index is 12.0. The van der Waals surface area contributed by atoms with Crippen LogP contribution in [0.1, 0.15) is 91.4 Å². The Balaban J connectivity index is 4.61. The summed E-state index contributed by atoms with van der Waals surface area (Å²) in [5.74, 6) is -1.56. The third-order valence-corrected chi connectivity index (χ3v) is 4.62. The number of rotatable bonds is 15. The van der Waals surface area contributed by atoms with Crippen molar-refractivity contribution in [1.29, 1.82) is 0 Å². The quantitative estimate of drug-likeness (QED) is 0.333. The molecular formula is C19H34O5. The topological polar surface area (TPSA) is 91.7 Å². The van der Waals surface area contributed by atoms with E-state index in [0.717, 1.165) is 44.8 Å². The Morgan fingerprint density at radius 2 is 1.46 bits per heavy atom. The van der Waals surface area contributed by atoms with E-state index in [2.05, 4.69) is 0 Å². The summed E-state index contributed by atoms with van der Waals surface area (Å²) in [6.45, 7) is 5.64. The molecule has 0 radical (unpaired) electrons. The number of carboxylic acids is 2. The highest BCUT2D eigenvalue weighted by molar-refractivity contribution is 5.75. The van der Waals surface area contributed by atoms with Crippen molar-refractivity contribution < 1.29 is 24.6 Å². The largest absolute Gasteiger partial charge is 0.481 e. The molecule has 0 aliphatic carbocycles. The van der Waals surface area contributed by atoms with E-state index in [0.29, 0.717) is 25.7 Å². The second-order valence-electron chi connectivity index (χ2n) is 7.63. The molecule has 0 aliphatic rings. The summed E-state index contributed by atoms with van der Waals surface area (Å²) < 4.78 is 0. The molecule has 0 rings (SSSR count). The second-order valence-corrected chi connectivity index (χ2v) is 7.63. The van der Waals surface area contributed by atoms with Crippen LogP contribution in [0, 0.1) is 10.8 Å². The van der Waals surface area contributed by atoms with Crippen LogP contribution in [0.5, 0.6) is 0 Å². The second kappa shape index (κ2) is 11.2. The van der Waals surface area contributed by atoms with Gasteiger partial charge in [-0.3, -0.25) is 9.59 Å². The average Bonchev–Trinajstić information content (AvgIpc) is 2.50. The summed E-state index contributed by atoms with van der Waals surface area (Å²) in [6, 6.07) is 0. The van der Waals surface area contributed by atoms with Gasteiger partial charge in [-0.2, -0.15) is 0 Å². The van der Waals surface area contributed by atoms with Crippen LogP contribution in [-0.4, -0.2) is 28.4 Å². The standard InChI is InChI=1S/C19H34O5/c1-4-5-12-19(17(23)24,14-18(2,3)15-20)13-10-8-6-7-9-11-16(21)22/h15H,4-14H2,1-3H3,(H,21,22)(H,23,24). The zero-order chi connectivity index (χ0) is 18.6. The molecule has 0 aromatic carbocycles. The van der Waals surface area contributed by atoms with Gasteiger partial charge in [-0.15, -0.1) is 0 Å². The summed E-state index contributed by atoms with van der Waals surface area (Å²) in [7, 11) is 0. The molecule has 0 bridgehead atoms. The predicted octanol–water partition coefficient (Wildman–Crippen LogP) is 4.68. The van der Waals surface area contributed by atoms with Crippen molar-refractivity contribution in [1.82, 2.24) is 0 Å². The summed E-state index contributed by atoms with van der Waals surface area (Å²) in [4.78, 5) is 33.7. The molecule has 0 aromatic rings. The first-order chi connectivity index (χ1) is 11.2. The minimum atomic E-state index is -0.832. The molecule has 0 fully saturated rings. The Morgan fingerprint density at radius 3 is 1.96 bits per heavy atom. The van der Waals surface area contributed by atoms with E-state index in [1.807, 2.05) is 6.92 Å². The van der Waals surface area contributed by atoms with Crippen LogP contribution in [0.4, 0.5) is 0 Å². The van der Waals surface area contributed by atoms with E-state index in [-0.39, 0.29) is 6.42 Å². The van der Waals surface area contributed by atoms with E-state index < -0.39 is 22.8 Å². The molecule has 5 nitrogen and oxygen atoms in total. The summed E-state index contributed by atoms with van der Waals surface area (Å²) in [5.41, 5.74) is -1.46. The Labute approximate surface area is 145 Å². The minimum absolute atomic E-state index is 0.198. The summed E-state index contributed by atoms with van der Waals surface area (Å²) in [5, 5.41) is 18.4. The van der Waals surface area contributed by atoms with Gasteiger partial charge in [0.25, 0.3) is 0 Å². The molecule has 5 heteroatoms. The first-order valence-corrected chi connectivity index (χ1v) is 9.10. The number of carbonyl (C=O) groups is 3. The molecule has 0 saturated heterocycles. The Morgan fingerprint density at radius 1 is 0.917 bits per heavy atom. The number of carbonyl (C=O) groups excluding carboxylic acids is 1.